The predicted octanol–water partition coefficient (Wildman–Crippen LogP) is 1.66. The molecule has 0 aliphatic rings. The summed E-state index contributed by atoms with van der Waals surface area (Å²) in [7, 11) is 1.69. The number of rotatable bonds is 6. The lowest BCUT2D eigenvalue weighted by molar-refractivity contribution is 0.190. The molecule has 0 bridgehead atoms. The Kier molecular flexibility index (Phi) is 4.98. The first-order valence-electron chi connectivity index (χ1n) is 5.50. The molecule has 0 aliphatic heterocycles. The highest BCUT2D eigenvalue weighted by Crippen LogP contribution is 2.18. The van der Waals surface area contributed by atoms with Gasteiger partial charge < -0.3 is 15.4 Å². The maximum atomic E-state index is 5.07. The molecule has 1 atom stereocenters. The van der Waals surface area contributed by atoms with Crippen molar-refractivity contribution >= 4 is 11.6 Å². The monoisotopic (exact) mass is 224 g/mol. The second-order valence-electron chi connectivity index (χ2n) is 3.73. The first-order valence-corrected chi connectivity index (χ1v) is 5.50. The van der Waals surface area contributed by atoms with E-state index in [4.69, 9.17) is 4.74 Å². The largest absolute Gasteiger partial charge is 0.383 e. The zero-order valence-corrected chi connectivity index (χ0v) is 10.4. The minimum absolute atomic E-state index is 0.230. The third-order valence-electron chi connectivity index (χ3n) is 2.23. The van der Waals surface area contributed by atoms with Crippen molar-refractivity contribution < 1.29 is 4.74 Å². The molecule has 2 N–H and O–H groups in total. The van der Waals surface area contributed by atoms with Crippen molar-refractivity contribution in [2.45, 2.75) is 26.8 Å². The minimum atomic E-state index is 0.230. The summed E-state index contributed by atoms with van der Waals surface area (Å²) in [6.07, 6.45) is 1.56. The molecule has 0 amide bonds. The van der Waals surface area contributed by atoms with Crippen LogP contribution in [0.25, 0.3) is 0 Å². The Labute approximate surface area is 96.6 Å². The van der Waals surface area contributed by atoms with E-state index >= 15 is 0 Å². The van der Waals surface area contributed by atoms with Gasteiger partial charge in [-0.05, 0) is 20.8 Å². The Bertz CT molecular complexity index is 330. The molecule has 0 spiro atoms. The van der Waals surface area contributed by atoms with Crippen molar-refractivity contribution in [3.8, 4) is 0 Å². The van der Waals surface area contributed by atoms with Crippen molar-refractivity contribution in [3.05, 3.63) is 11.9 Å². The second-order valence-corrected chi connectivity index (χ2v) is 3.73. The van der Waals surface area contributed by atoms with E-state index in [2.05, 4.69) is 27.5 Å². The molecule has 0 saturated carbocycles. The van der Waals surface area contributed by atoms with Crippen LogP contribution >= 0.6 is 0 Å². The van der Waals surface area contributed by atoms with Crippen LogP contribution in [0, 0.1) is 6.92 Å². The number of nitrogens with one attached hydrogen (secondary N) is 2. The van der Waals surface area contributed by atoms with Gasteiger partial charge in [0, 0.05) is 25.3 Å². The third kappa shape index (κ3) is 3.34. The summed E-state index contributed by atoms with van der Waals surface area (Å²) in [5.41, 5.74) is 1.03. The molecule has 1 heterocycles. The molecule has 0 aliphatic carbocycles. The van der Waals surface area contributed by atoms with E-state index in [1.54, 1.807) is 13.4 Å². The Hall–Kier alpha value is -1.36. The molecule has 0 saturated heterocycles. The maximum Gasteiger partial charge on any atom is 0.134 e. The van der Waals surface area contributed by atoms with E-state index in [1.807, 2.05) is 13.8 Å². The first-order chi connectivity index (χ1) is 7.69. The van der Waals surface area contributed by atoms with E-state index in [9.17, 15) is 0 Å². The van der Waals surface area contributed by atoms with Crippen molar-refractivity contribution in [1.29, 1.82) is 0 Å². The number of aromatic nitrogens is 2. The highest BCUT2D eigenvalue weighted by Gasteiger charge is 2.08. The van der Waals surface area contributed by atoms with Gasteiger partial charge in [-0.25, -0.2) is 9.97 Å². The van der Waals surface area contributed by atoms with Gasteiger partial charge in [-0.1, -0.05) is 0 Å². The fourth-order valence-corrected chi connectivity index (χ4v) is 1.47. The van der Waals surface area contributed by atoms with Crippen LogP contribution in [0.2, 0.25) is 0 Å². The standard InChI is InChI=1S/C11H20N4O/c1-5-12-10-9(3)11(14-7-13-10)15-8(2)6-16-4/h7-8H,5-6H2,1-4H3,(H2,12,13,14,15). The van der Waals surface area contributed by atoms with Gasteiger partial charge in [0.05, 0.1) is 6.61 Å². The molecular weight excluding hydrogens is 204 g/mol. The summed E-state index contributed by atoms with van der Waals surface area (Å²) in [6, 6.07) is 0.230. The topological polar surface area (TPSA) is 59.1 Å². The molecule has 5 heteroatoms. The number of anilines is 2. The summed E-state index contributed by atoms with van der Waals surface area (Å²) >= 11 is 0. The number of ether oxygens (including phenoxy) is 1. The second kappa shape index (κ2) is 6.27. The molecule has 1 aromatic rings. The summed E-state index contributed by atoms with van der Waals surface area (Å²) < 4.78 is 5.07. The van der Waals surface area contributed by atoms with E-state index in [1.165, 1.54) is 0 Å². The summed E-state index contributed by atoms with van der Waals surface area (Å²) in [6.45, 7) is 7.60. The van der Waals surface area contributed by atoms with Gasteiger partial charge in [0.25, 0.3) is 0 Å². The van der Waals surface area contributed by atoms with Crippen LogP contribution in [0.4, 0.5) is 11.6 Å². The Morgan fingerprint density at radius 3 is 2.69 bits per heavy atom. The lowest BCUT2D eigenvalue weighted by atomic mass is 10.2. The average molecular weight is 224 g/mol. The van der Waals surface area contributed by atoms with Crippen molar-refractivity contribution in [1.82, 2.24) is 9.97 Å². The summed E-state index contributed by atoms with van der Waals surface area (Å²) in [4.78, 5) is 8.41. The molecule has 1 rings (SSSR count). The van der Waals surface area contributed by atoms with E-state index in [0.29, 0.717) is 6.61 Å². The van der Waals surface area contributed by atoms with E-state index in [-0.39, 0.29) is 6.04 Å². The molecule has 90 valence electrons. The molecule has 5 nitrogen and oxygen atoms in total. The van der Waals surface area contributed by atoms with Gasteiger partial charge >= 0.3 is 0 Å². The smallest absolute Gasteiger partial charge is 0.134 e. The zero-order valence-electron chi connectivity index (χ0n) is 10.4. The van der Waals surface area contributed by atoms with Gasteiger partial charge in [-0.15, -0.1) is 0 Å². The van der Waals surface area contributed by atoms with Crippen LogP contribution in [-0.4, -0.2) is 36.3 Å². The summed E-state index contributed by atoms with van der Waals surface area (Å²) in [5.74, 6) is 1.74. The van der Waals surface area contributed by atoms with Crippen molar-refractivity contribution in [3.63, 3.8) is 0 Å². The molecule has 1 aromatic heterocycles. The Balaban J connectivity index is 2.76. The van der Waals surface area contributed by atoms with Gasteiger partial charge in [-0.3, -0.25) is 0 Å². The highest BCUT2D eigenvalue weighted by atomic mass is 16.5. The quantitative estimate of drug-likeness (QED) is 0.769. The van der Waals surface area contributed by atoms with E-state index < -0.39 is 0 Å². The fraction of sp³-hybridized carbons (Fsp3) is 0.636. The number of hydrogen-bond donors (Lipinski definition) is 2. The zero-order chi connectivity index (χ0) is 12.0. The molecule has 0 fully saturated rings. The molecule has 0 radical (unpaired) electrons. The number of hydrogen-bond acceptors (Lipinski definition) is 5. The number of nitrogens with zero attached hydrogens (tertiary/aromatic N) is 2. The SMILES string of the molecule is CCNc1ncnc(NC(C)COC)c1C. The van der Waals surface area contributed by atoms with Crippen LogP contribution in [-0.2, 0) is 4.74 Å². The van der Waals surface area contributed by atoms with Crippen LogP contribution < -0.4 is 10.6 Å². The van der Waals surface area contributed by atoms with Crippen LogP contribution in [0.15, 0.2) is 6.33 Å². The highest BCUT2D eigenvalue weighted by molar-refractivity contribution is 5.56. The average Bonchev–Trinajstić information content (AvgIpc) is 2.24. The van der Waals surface area contributed by atoms with Crippen LogP contribution in [0.3, 0.4) is 0 Å². The normalized spacial score (nSPS) is 12.2. The van der Waals surface area contributed by atoms with Gasteiger partial charge in [0.1, 0.15) is 18.0 Å². The minimum Gasteiger partial charge on any atom is -0.383 e. The molecule has 0 aromatic carbocycles. The predicted molar refractivity (Wildman–Crippen MR) is 65.9 cm³/mol. The molecule has 1 unspecified atom stereocenters. The lowest BCUT2D eigenvalue weighted by Gasteiger charge is -2.16. The Morgan fingerprint density at radius 1 is 1.38 bits per heavy atom. The number of methoxy groups -OCH3 is 1. The van der Waals surface area contributed by atoms with Crippen LogP contribution in [0.1, 0.15) is 19.4 Å². The summed E-state index contributed by atoms with van der Waals surface area (Å²) in [5, 5.41) is 6.49. The van der Waals surface area contributed by atoms with Gasteiger partial charge in [-0.2, -0.15) is 0 Å². The lowest BCUT2D eigenvalue weighted by Crippen LogP contribution is -2.22. The van der Waals surface area contributed by atoms with Gasteiger partial charge in [0.2, 0.25) is 0 Å². The van der Waals surface area contributed by atoms with Crippen LogP contribution in [0.5, 0.6) is 0 Å². The molecule has 16 heavy (non-hydrogen) atoms. The molecular formula is C11H20N4O. The fourth-order valence-electron chi connectivity index (χ4n) is 1.47. The van der Waals surface area contributed by atoms with Crippen molar-refractivity contribution in [2.75, 3.05) is 30.9 Å². The third-order valence-corrected chi connectivity index (χ3v) is 2.23. The first kappa shape index (κ1) is 12.7. The van der Waals surface area contributed by atoms with Gasteiger partial charge in [0.15, 0.2) is 0 Å². The maximum absolute atomic E-state index is 5.07. The van der Waals surface area contributed by atoms with E-state index in [0.717, 1.165) is 23.7 Å². The Morgan fingerprint density at radius 2 is 2.06 bits per heavy atom. The van der Waals surface area contributed by atoms with Crippen molar-refractivity contribution in [2.24, 2.45) is 0 Å².